The van der Waals surface area contributed by atoms with Crippen LogP contribution in [-0.2, 0) is 12.8 Å². The van der Waals surface area contributed by atoms with Crippen molar-refractivity contribution in [2.75, 3.05) is 23.0 Å². The van der Waals surface area contributed by atoms with Crippen molar-refractivity contribution in [2.24, 2.45) is 0 Å². The number of unbranched alkanes of at least 4 members (excludes halogenated alkanes) is 24. The minimum atomic E-state index is -1.20. The number of carboxylic acid groups (broad SMARTS) is 2. The lowest BCUT2D eigenvalue weighted by molar-refractivity contribution is 0.0650. The van der Waals surface area contributed by atoms with Gasteiger partial charge < -0.3 is 20.4 Å². The normalized spacial score (nSPS) is 12.6. The first kappa shape index (κ1) is 54.8. The second-order valence-corrected chi connectivity index (χ2v) is 19.6. The molecule has 4 N–H and O–H groups in total. The molecule has 2 unspecified atom stereocenters. The minimum Gasteiger partial charge on any atom is -0.478 e. The fourth-order valence-electron chi connectivity index (χ4n) is 8.08. The Morgan fingerprint density at radius 3 is 1.17 bits per heavy atom. The molecule has 338 valence electrons. The van der Waals surface area contributed by atoms with Crippen molar-refractivity contribution in [2.45, 2.75) is 244 Å². The molecule has 0 amide bonds. The lowest BCUT2D eigenvalue weighted by atomic mass is 9.91. The van der Waals surface area contributed by atoms with Crippen molar-refractivity contribution in [1.29, 1.82) is 0 Å². The van der Waals surface area contributed by atoms with Crippen molar-refractivity contribution in [3.05, 3.63) is 34.4 Å². The van der Waals surface area contributed by atoms with Crippen LogP contribution in [0, 0.1) is 0 Å². The van der Waals surface area contributed by atoms with E-state index in [1.54, 1.807) is 11.8 Å². The van der Waals surface area contributed by atoms with Gasteiger partial charge >= 0.3 is 11.9 Å². The van der Waals surface area contributed by atoms with Gasteiger partial charge in [0.15, 0.2) is 0 Å². The maximum atomic E-state index is 12.3. The number of thioether (sulfide) groups is 2. The van der Waals surface area contributed by atoms with E-state index in [0.29, 0.717) is 18.4 Å². The van der Waals surface area contributed by atoms with E-state index in [4.69, 9.17) is 0 Å². The van der Waals surface area contributed by atoms with Crippen LogP contribution in [0.2, 0.25) is 0 Å². The zero-order valence-corrected chi connectivity index (χ0v) is 39.2. The van der Waals surface area contributed by atoms with E-state index in [1.807, 2.05) is 17.8 Å². The predicted octanol–water partition coefficient (Wildman–Crippen LogP) is 14.9. The van der Waals surface area contributed by atoms with E-state index in [2.05, 4.69) is 13.8 Å². The first-order valence-corrected chi connectivity index (χ1v) is 26.8. The van der Waals surface area contributed by atoms with Crippen LogP contribution in [0.1, 0.15) is 251 Å². The van der Waals surface area contributed by atoms with E-state index in [1.165, 1.54) is 160 Å². The molecule has 0 aliphatic rings. The fourth-order valence-corrected chi connectivity index (χ4v) is 10.1. The van der Waals surface area contributed by atoms with Gasteiger partial charge in [-0.2, -0.15) is 23.5 Å². The van der Waals surface area contributed by atoms with Crippen LogP contribution in [0.3, 0.4) is 0 Å². The second kappa shape index (κ2) is 39.9. The van der Waals surface area contributed by atoms with Gasteiger partial charge in [-0.3, -0.25) is 0 Å². The summed E-state index contributed by atoms with van der Waals surface area (Å²) in [7, 11) is 0. The average Bonchev–Trinajstić information content (AvgIpc) is 3.20. The summed E-state index contributed by atoms with van der Waals surface area (Å²) in [6.45, 7) is 4.54. The molecule has 0 aliphatic carbocycles. The maximum Gasteiger partial charge on any atom is 0.336 e. The van der Waals surface area contributed by atoms with Crippen molar-refractivity contribution in [1.82, 2.24) is 0 Å². The van der Waals surface area contributed by atoms with Crippen LogP contribution < -0.4 is 0 Å². The van der Waals surface area contributed by atoms with Gasteiger partial charge in [-0.05, 0) is 91.6 Å². The third-order valence-corrected chi connectivity index (χ3v) is 14.0. The molecule has 1 aromatic carbocycles. The number of rotatable bonds is 44. The molecule has 0 aromatic heterocycles. The van der Waals surface area contributed by atoms with E-state index >= 15 is 0 Å². The van der Waals surface area contributed by atoms with Gasteiger partial charge in [-0.15, -0.1) is 0 Å². The summed E-state index contributed by atoms with van der Waals surface area (Å²) in [6, 6.07) is 3.27. The number of carbonyl (C=O) groups is 2. The summed E-state index contributed by atoms with van der Waals surface area (Å²) in [5.41, 5.74) is 1.39. The minimum absolute atomic E-state index is 0.0628. The standard InChI is InChI=1S/C50H90O6S2/c1-3-5-7-9-11-13-15-17-19-21-23-25-27-32-44(51)37-41-57-39-29-31-43-35-36-47(49(53)54)48(50(55)56)46(43)34-30-40-58-42-38-45(52)33-28-26-24-22-20-18-16-14-12-10-8-6-4-2/h35-36,44-45,51-52H,3-34,37-42H2,1-2H3,(H,53,54)(H,55,56). The molecular formula is C50H90O6S2. The molecule has 6 nitrogen and oxygen atoms in total. The summed E-state index contributed by atoms with van der Waals surface area (Å²) in [5, 5.41) is 40.8. The van der Waals surface area contributed by atoms with Gasteiger partial charge in [0.1, 0.15) is 0 Å². The van der Waals surface area contributed by atoms with E-state index in [0.717, 1.165) is 79.9 Å². The van der Waals surface area contributed by atoms with Gasteiger partial charge in [-0.25, -0.2) is 9.59 Å². The van der Waals surface area contributed by atoms with Gasteiger partial charge in [0, 0.05) is 0 Å². The van der Waals surface area contributed by atoms with Crippen LogP contribution in [-0.4, -0.2) is 67.6 Å². The highest BCUT2D eigenvalue weighted by atomic mass is 32.2. The third kappa shape index (κ3) is 30.8. The van der Waals surface area contributed by atoms with Crippen molar-refractivity contribution in [3.8, 4) is 0 Å². The lowest BCUT2D eigenvalue weighted by Crippen LogP contribution is -2.14. The topological polar surface area (TPSA) is 115 Å². The SMILES string of the molecule is CCCCCCCCCCCCCCCC(O)CCSCCCc1ccc(C(=O)O)c(C(=O)O)c1CCCSCCC(O)CCCCCCCCCCCCCCC. The molecule has 1 rings (SSSR count). The Morgan fingerprint density at radius 2 is 0.810 bits per heavy atom. The number of hydrogen-bond acceptors (Lipinski definition) is 6. The van der Waals surface area contributed by atoms with Crippen LogP contribution in [0.4, 0.5) is 0 Å². The molecule has 2 atom stereocenters. The van der Waals surface area contributed by atoms with Crippen molar-refractivity contribution >= 4 is 35.5 Å². The molecule has 8 heteroatoms. The van der Waals surface area contributed by atoms with E-state index < -0.39 is 11.9 Å². The number of carboxylic acids is 2. The summed E-state index contributed by atoms with van der Waals surface area (Å²) in [4.78, 5) is 24.2. The molecule has 0 fully saturated rings. The molecule has 0 saturated carbocycles. The first-order chi connectivity index (χ1) is 28.3. The Balaban J connectivity index is 2.24. The summed E-state index contributed by atoms with van der Waals surface area (Å²) < 4.78 is 0. The number of aliphatic hydroxyl groups is 2. The average molecular weight is 851 g/mol. The summed E-state index contributed by atoms with van der Waals surface area (Å²) in [5.74, 6) is 1.18. The van der Waals surface area contributed by atoms with Crippen molar-refractivity contribution in [3.63, 3.8) is 0 Å². The van der Waals surface area contributed by atoms with E-state index in [9.17, 15) is 30.0 Å². The smallest absolute Gasteiger partial charge is 0.336 e. The van der Waals surface area contributed by atoms with E-state index in [-0.39, 0.29) is 23.3 Å². The Kier molecular flexibility index (Phi) is 37.7. The van der Waals surface area contributed by atoms with Crippen molar-refractivity contribution < 1.29 is 30.0 Å². The zero-order chi connectivity index (χ0) is 42.3. The Hall–Kier alpha value is -1.22. The van der Waals surface area contributed by atoms with Crippen LogP contribution in [0.15, 0.2) is 12.1 Å². The number of benzene rings is 1. The summed E-state index contributed by atoms with van der Waals surface area (Å²) in [6.07, 6.45) is 40.3. The predicted molar refractivity (Wildman–Crippen MR) is 254 cm³/mol. The zero-order valence-electron chi connectivity index (χ0n) is 37.6. The largest absolute Gasteiger partial charge is 0.478 e. The molecule has 1 aromatic rings. The highest BCUT2D eigenvalue weighted by Gasteiger charge is 2.22. The van der Waals surface area contributed by atoms with Crippen LogP contribution in [0.5, 0.6) is 0 Å². The number of hydrogen-bond donors (Lipinski definition) is 4. The van der Waals surface area contributed by atoms with Gasteiger partial charge in [-0.1, -0.05) is 187 Å². The maximum absolute atomic E-state index is 12.3. The van der Waals surface area contributed by atoms with Crippen LogP contribution in [0.25, 0.3) is 0 Å². The number of aryl methyl sites for hydroxylation is 1. The van der Waals surface area contributed by atoms with Gasteiger partial charge in [0.25, 0.3) is 0 Å². The summed E-state index contributed by atoms with van der Waals surface area (Å²) >= 11 is 3.62. The molecule has 0 aliphatic heterocycles. The Bertz CT molecular complexity index is 1110. The molecule has 0 radical (unpaired) electrons. The molecule has 0 spiro atoms. The molecule has 0 bridgehead atoms. The quantitative estimate of drug-likeness (QED) is 0.0480. The molecule has 0 saturated heterocycles. The van der Waals surface area contributed by atoms with Crippen LogP contribution >= 0.6 is 23.5 Å². The fraction of sp³-hybridized carbons (Fsp3) is 0.840. The molecule has 58 heavy (non-hydrogen) atoms. The lowest BCUT2D eigenvalue weighted by Gasteiger charge is -2.16. The monoisotopic (exact) mass is 851 g/mol. The first-order valence-electron chi connectivity index (χ1n) is 24.4. The molecular weight excluding hydrogens is 761 g/mol. The molecule has 0 heterocycles. The highest BCUT2D eigenvalue weighted by molar-refractivity contribution is 7.99. The number of aromatic carboxylic acids is 2. The Morgan fingerprint density at radius 1 is 0.448 bits per heavy atom. The number of aliphatic hydroxyl groups excluding tert-OH is 2. The third-order valence-electron chi connectivity index (χ3n) is 11.8. The second-order valence-electron chi connectivity index (χ2n) is 17.1. The van der Waals surface area contributed by atoms with Gasteiger partial charge in [0.05, 0.1) is 23.3 Å². The Labute approximate surface area is 365 Å². The highest BCUT2D eigenvalue weighted by Crippen LogP contribution is 2.25. The van der Waals surface area contributed by atoms with Gasteiger partial charge in [0.2, 0.25) is 0 Å².